The van der Waals surface area contributed by atoms with Gasteiger partial charge in [0.1, 0.15) is 0 Å². The molecule has 0 N–H and O–H groups in total. The van der Waals surface area contributed by atoms with Crippen LogP contribution >= 0.6 is 23.5 Å². The van der Waals surface area contributed by atoms with E-state index in [9.17, 15) is 1.37 Å². The molecule has 1 spiro atoms. The van der Waals surface area contributed by atoms with Crippen LogP contribution in [0.4, 0.5) is 0 Å². The van der Waals surface area contributed by atoms with Crippen molar-refractivity contribution in [3.63, 3.8) is 0 Å². The minimum Gasteiger partial charge on any atom is -0.0894 e. The highest BCUT2D eigenvalue weighted by atomic mass is 32.2. The topological polar surface area (TPSA) is 0 Å². The van der Waals surface area contributed by atoms with E-state index in [0.717, 1.165) is 64.6 Å². The van der Waals surface area contributed by atoms with Crippen LogP contribution in [0.5, 0.6) is 0 Å². The number of fused-ring (bicyclic) bond motifs is 8. The lowest BCUT2D eigenvalue weighted by atomic mass is 9.63. The molecule has 1 aliphatic carbocycles. The first kappa shape index (κ1) is 43.7. The molecule has 352 valence electrons. The normalized spacial score (nSPS) is 14.8. The third-order valence-corrected chi connectivity index (χ3v) is 18.1. The van der Waals surface area contributed by atoms with Gasteiger partial charge in [-0.15, -0.1) is 0 Å². The van der Waals surface area contributed by atoms with Gasteiger partial charge in [-0.05, 0) is 149 Å². The van der Waals surface area contributed by atoms with Gasteiger partial charge in [0.25, 0.3) is 0 Å². The summed E-state index contributed by atoms with van der Waals surface area (Å²) in [5.74, 6) is -0.730. The van der Waals surface area contributed by atoms with Crippen LogP contribution in [0.1, 0.15) is 60.8 Å². The van der Waals surface area contributed by atoms with Crippen LogP contribution in [-0.2, 0) is 5.41 Å². The molecule has 14 rings (SSSR count). The molecule has 0 aromatic heterocycles. The number of hydrogen-bond donors (Lipinski definition) is 0. The van der Waals surface area contributed by atoms with Gasteiger partial charge in [0, 0.05) is 21.0 Å². The van der Waals surface area contributed by atoms with Gasteiger partial charge in [-0.2, -0.15) is 0 Å². The smallest absolute Gasteiger partial charge is 0.0745 e. The molecule has 0 atom stereocenters. The Morgan fingerprint density at radius 2 is 0.622 bits per heavy atom. The molecule has 74 heavy (non-hydrogen) atoms. The second kappa shape index (κ2) is 18.9. The zero-order valence-electron chi connectivity index (χ0n) is 42.0. The Labute approximate surface area is 445 Å². The van der Waals surface area contributed by atoms with Gasteiger partial charge in [-0.3, -0.25) is 0 Å². The van der Waals surface area contributed by atoms with Crippen LogP contribution in [-0.4, -0.2) is 0 Å². The molecule has 1 saturated carbocycles. The van der Waals surface area contributed by atoms with Crippen LogP contribution in [0.25, 0.3) is 77.9 Å². The number of benzene rings is 11. The zero-order valence-corrected chi connectivity index (χ0v) is 42.6. The van der Waals surface area contributed by atoms with Crippen LogP contribution < -0.4 is 0 Å². The van der Waals surface area contributed by atoms with Crippen LogP contribution in [0.2, 0.25) is 0 Å². The van der Waals surface area contributed by atoms with Crippen molar-refractivity contribution in [2.24, 2.45) is 0 Å². The average molecular weight is 982 g/mol. The first-order valence-electron chi connectivity index (χ1n) is 26.5. The molecule has 0 bridgehead atoms. The fourth-order valence-electron chi connectivity index (χ4n) is 12.7. The highest BCUT2D eigenvalue weighted by Crippen LogP contribution is 2.64. The molecule has 2 aliphatic heterocycles. The van der Waals surface area contributed by atoms with Gasteiger partial charge < -0.3 is 0 Å². The molecule has 0 saturated heterocycles. The number of rotatable bonds is 8. The average Bonchev–Trinajstić information content (AvgIpc) is 3.97. The van der Waals surface area contributed by atoms with Crippen molar-refractivity contribution < 1.29 is 1.37 Å². The maximum atomic E-state index is 10.5. The van der Waals surface area contributed by atoms with E-state index >= 15 is 0 Å². The van der Waals surface area contributed by atoms with Gasteiger partial charge in [0.2, 0.25) is 0 Å². The Morgan fingerprint density at radius 1 is 0.297 bits per heavy atom. The van der Waals surface area contributed by atoms with Crippen molar-refractivity contribution in [1.82, 2.24) is 0 Å². The van der Waals surface area contributed by atoms with Crippen molar-refractivity contribution in [2.45, 2.75) is 56.6 Å². The van der Waals surface area contributed by atoms with E-state index < -0.39 is 11.3 Å². The van der Waals surface area contributed by atoms with Gasteiger partial charge in [-0.25, -0.2) is 0 Å². The molecule has 1 fully saturated rings. The van der Waals surface area contributed by atoms with E-state index in [1.807, 2.05) is 23.5 Å². The SMILES string of the molecule is [2H]C1(c2ccc3c(c2-c2cccc(-c4c(-c5ccccc5)c(-c5ccccc5)c(-c5ccccc5)c(-c5ccccc5)c4-c4ccccc4)c2)Sc2ccccc2C32c3ccccc3Sc3ccccc32)CCCC1. The van der Waals surface area contributed by atoms with Crippen molar-refractivity contribution in [2.75, 3.05) is 0 Å². The van der Waals surface area contributed by atoms with Crippen LogP contribution in [0.3, 0.4) is 0 Å². The van der Waals surface area contributed by atoms with E-state index in [2.05, 4.69) is 261 Å². The Morgan fingerprint density at radius 3 is 1.03 bits per heavy atom. The van der Waals surface area contributed by atoms with Gasteiger partial charge >= 0.3 is 0 Å². The van der Waals surface area contributed by atoms with E-state index in [0.29, 0.717) is 0 Å². The quantitative estimate of drug-likeness (QED) is 0.149. The summed E-state index contributed by atoms with van der Waals surface area (Å²) in [6.45, 7) is 0. The molecule has 0 amide bonds. The lowest BCUT2D eigenvalue weighted by molar-refractivity contribution is 0.662. The molecular weight excluding hydrogens is 929 g/mol. The van der Waals surface area contributed by atoms with Crippen LogP contribution in [0.15, 0.2) is 280 Å². The summed E-state index contributed by atoms with van der Waals surface area (Å²) >= 11 is 3.79. The molecule has 11 aromatic rings. The highest BCUT2D eigenvalue weighted by Gasteiger charge is 2.49. The predicted molar refractivity (Wildman–Crippen MR) is 312 cm³/mol. The summed E-state index contributed by atoms with van der Waals surface area (Å²) in [5.41, 5.74) is 22.2. The third-order valence-electron chi connectivity index (χ3n) is 15.7. The Balaban J connectivity index is 1.14. The van der Waals surface area contributed by atoms with Crippen molar-refractivity contribution in [1.29, 1.82) is 0 Å². The van der Waals surface area contributed by atoms with Crippen molar-refractivity contribution in [3.05, 3.63) is 289 Å². The Hall–Kier alpha value is -7.88. The molecule has 3 aliphatic rings. The minimum atomic E-state index is -0.730. The predicted octanol–water partition coefficient (Wildman–Crippen LogP) is 20.3. The van der Waals surface area contributed by atoms with E-state index in [-0.39, 0.29) is 0 Å². The highest BCUT2D eigenvalue weighted by molar-refractivity contribution is 8.00. The standard InChI is InChI=1S/C72H52S2/c1-6-27-49(28-7-1)65-66(50-29-8-2-9-30-50)68(52-33-12-4-13-34-52)70(69(53-35-14-5-15-36-53)67(65)51-31-10-3-11-32-51)55-38-24-37-54(47-55)64-56(48-25-16-17-26-48)45-46-60-71(64)74-63-44-23-20-41-59(63)72(60)57-39-18-21-42-61(57)73-62-43-22-19-40-58(62)72/h1-15,18-24,27-48H,16-17,25-26H2/i48D. The molecule has 0 nitrogen and oxygen atoms in total. The fraction of sp³-hybridized carbons (Fsp3) is 0.0833. The first-order chi connectivity index (χ1) is 37.1. The summed E-state index contributed by atoms with van der Waals surface area (Å²) < 4.78 is 10.5. The van der Waals surface area contributed by atoms with Crippen LogP contribution in [0, 0.1) is 0 Å². The second-order valence-electron chi connectivity index (χ2n) is 19.8. The van der Waals surface area contributed by atoms with E-state index in [1.54, 1.807) is 0 Å². The number of hydrogen-bond acceptors (Lipinski definition) is 2. The fourth-order valence-corrected chi connectivity index (χ4v) is 15.2. The Kier molecular flexibility index (Phi) is 11.1. The lowest BCUT2D eigenvalue weighted by Gasteiger charge is -2.46. The molecule has 11 aromatic carbocycles. The molecule has 0 radical (unpaired) electrons. The third kappa shape index (κ3) is 7.30. The summed E-state index contributed by atoms with van der Waals surface area (Å²) in [6, 6.07) is 96.9. The van der Waals surface area contributed by atoms with Crippen molar-refractivity contribution in [3.8, 4) is 77.9 Å². The van der Waals surface area contributed by atoms with Gasteiger partial charge in [-0.1, -0.05) is 273 Å². The first-order valence-corrected chi connectivity index (χ1v) is 27.7. The summed E-state index contributed by atoms with van der Waals surface area (Å²) in [7, 11) is 0. The molecular formula is C72H52S2. The van der Waals surface area contributed by atoms with E-state index in [4.69, 9.17) is 0 Å². The van der Waals surface area contributed by atoms with Gasteiger partial charge in [0.05, 0.1) is 5.41 Å². The van der Waals surface area contributed by atoms with Crippen molar-refractivity contribution >= 4 is 23.5 Å². The summed E-state index contributed by atoms with van der Waals surface area (Å²) in [6.07, 6.45) is 3.78. The maximum absolute atomic E-state index is 10.5. The molecule has 2 heteroatoms. The Bertz CT molecular complexity index is 3770. The minimum absolute atomic E-state index is 0.575. The monoisotopic (exact) mass is 981 g/mol. The maximum Gasteiger partial charge on any atom is 0.0745 e. The summed E-state index contributed by atoms with van der Waals surface area (Å²) in [4.78, 5) is 5.08. The van der Waals surface area contributed by atoms with E-state index in [1.165, 1.54) is 86.3 Å². The molecule has 0 unspecified atom stereocenters. The largest absolute Gasteiger partial charge is 0.0894 e. The molecule has 2 heterocycles. The van der Waals surface area contributed by atoms with Gasteiger partial charge in [0.15, 0.2) is 0 Å². The summed E-state index contributed by atoms with van der Waals surface area (Å²) in [5, 5.41) is 0. The second-order valence-corrected chi connectivity index (χ2v) is 21.9. The zero-order chi connectivity index (χ0) is 49.9. The lowest BCUT2D eigenvalue weighted by Crippen LogP contribution is -2.37.